The zero-order valence-corrected chi connectivity index (χ0v) is 16.7. The van der Waals surface area contributed by atoms with Crippen LogP contribution in [0.1, 0.15) is 25.3 Å². The Hall–Kier alpha value is -2.40. The summed E-state index contributed by atoms with van der Waals surface area (Å²) in [4.78, 5) is 1.26. The number of rotatable bonds is 5. The molecule has 1 aliphatic heterocycles. The van der Waals surface area contributed by atoms with Gasteiger partial charge in [-0.15, -0.1) is 11.8 Å². The van der Waals surface area contributed by atoms with Crippen molar-refractivity contribution >= 4 is 17.6 Å². The van der Waals surface area contributed by atoms with Crippen molar-refractivity contribution < 1.29 is 4.74 Å². The van der Waals surface area contributed by atoms with E-state index in [2.05, 4.69) is 41.9 Å². The SMILES string of the molecule is CCOc1ccccc1-n1nc(-c2ccccc2SC)c2c1NCCCC2. The van der Waals surface area contributed by atoms with Gasteiger partial charge in [-0.25, -0.2) is 4.68 Å². The summed E-state index contributed by atoms with van der Waals surface area (Å²) in [6.45, 7) is 3.62. The first kappa shape index (κ1) is 18.0. The highest BCUT2D eigenvalue weighted by Crippen LogP contribution is 2.39. The van der Waals surface area contributed by atoms with E-state index >= 15 is 0 Å². The van der Waals surface area contributed by atoms with Crippen LogP contribution >= 0.6 is 11.8 Å². The zero-order chi connectivity index (χ0) is 18.6. The monoisotopic (exact) mass is 379 g/mol. The van der Waals surface area contributed by atoms with Gasteiger partial charge in [0.2, 0.25) is 0 Å². The lowest BCUT2D eigenvalue weighted by Crippen LogP contribution is -2.08. The molecule has 0 fully saturated rings. The largest absolute Gasteiger partial charge is 0.492 e. The van der Waals surface area contributed by atoms with E-state index in [1.54, 1.807) is 11.8 Å². The van der Waals surface area contributed by atoms with Crippen LogP contribution in [0.25, 0.3) is 16.9 Å². The molecule has 0 spiro atoms. The fraction of sp³-hybridized carbons (Fsp3) is 0.318. The number of anilines is 1. The molecule has 0 amide bonds. The molecule has 1 aromatic heterocycles. The van der Waals surface area contributed by atoms with E-state index in [0.29, 0.717) is 6.61 Å². The average molecular weight is 380 g/mol. The zero-order valence-electron chi connectivity index (χ0n) is 15.9. The fourth-order valence-electron chi connectivity index (χ4n) is 3.64. The number of nitrogens with zero attached hydrogens (tertiary/aromatic N) is 2. The summed E-state index contributed by atoms with van der Waals surface area (Å²) in [5.41, 5.74) is 4.58. The molecule has 0 atom stereocenters. The van der Waals surface area contributed by atoms with Gasteiger partial charge in [-0.3, -0.25) is 0 Å². The number of para-hydroxylation sites is 2. The number of hydrogen-bond acceptors (Lipinski definition) is 4. The standard InChI is InChI=1S/C22H25N3OS/c1-3-26-19-13-6-5-12-18(19)25-22-17(11-8-9-15-23-22)21(24-25)16-10-4-7-14-20(16)27-2/h4-7,10,12-14,23H,3,8-9,11,15H2,1-2H3. The molecule has 3 aromatic rings. The van der Waals surface area contributed by atoms with Crippen molar-refractivity contribution in [1.29, 1.82) is 0 Å². The summed E-state index contributed by atoms with van der Waals surface area (Å²) in [5, 5.41) is 8.71. The van der Waals surface area contributed by atoms with E-state index in [1.807, 2.05) is 29.8 Å². The molecular formula is C22H25N3OS. The van der Waals surface area contributed by atoms with Crippen LogP contribution in [0.15, 0.2) is 53.4 Å². The molecule has 4 nitrogen and oxygen atoms in total. The molecule has 1 N–H and O–H groups in total. The maximum Gasteiger partial charge on any atom is 0.145 e. The Morgan fingerprint density at radius 2 is 1.93 bits per heavy atom. The summed E-state index contributed by atoms with van der Waals surface area (Å²) in [5.74, 6) is 1.96. The summed E-state index contributed by atoms with van der Waals surface area (Å²) in [6.07, 6.45) is 5.51. The third-order valence-corrected chi connectivity index (χ3v) is 5.68. The average Bonchev–Trinajstić information content (AvgIpc) is 2.89. The van der Waals surface area contributed by atoms with Gasteiger partial charge in [0.25, 0.3) is 0 Å². The predicted molar refractivity (Wildman–Crippen MR) is 113 cm³/mol. The predicted octanol–water partition coefficient (Wildman–Crippen LogP) is 5.41. The van der Waals surface area contributed by atoms with E-state index in [-0.39, 0.29) is 0 Å². The first-order chi connectivity index (χ1) is 13.3. The molecule has 0 radical (unpaired) electrons. The van der Waals surface area contributed by atoms with Crippen LogP contribution in [-0.2, 0) is 6.42 Å². The van der Waals surface area contributed by atoms with Gasteiger partial charge in [0.15, 0.2) is 0 Å². The Labute approximate surface area is 164 Å². The molecular weight excluding hydrogens is 354 g/mol. The van der Waals surface area contributed by atoms with E-state index in [1.165, 1.54) is 28.9 Å². The molecule has 2 aromatic carbocycles. The minimum absolute atomic E-state index is 0.635. The number of fused-ring (bicyclic) bond motifs is 1. The second-order valence-corrected chi connectivity index (χ2v) is 7.42. The maximum atomic E-state index is 5.88. The smallest absolute Gasteiger partial charge is 0.145 e. The van der Waals surface area contributed by atoms with Crippen LogP contribution in [0.2, 0.25) is 0 Å². The van der Waals surface area contributed by atoms with Gasteiger partial charge in [0, 0.05) is 22.6 Å². The van der Waals surface area contributed by atoms with Crippen LogP contribution in [0.5, 0.6) is 5.75 Å². The molecule has 0 aliphatic carbocycles. The van der Waals surface area contributed by atoms with Crippen LogP contribution in [-0.4, -0.2) is 29.2 Å². The third-order valence-electron chi connectivity index (χ3n) is 4.88. The summed E-state index contributed by atoms with van der Waals surface area (Å²) in [7, 11) is 0. The molecule has 0 unspecified atom stereocenters. The van der Waals surface area contributed by atoms with Crippen molar-refractivity contribution in [2.24, 2.45) is 0 Å². The van der Waals surface area contributed by atoms with Crippen molar-refractivity contribution in [2.45, 2.75) is 31.1 Å². The highest BCUT2D eigenvalue weighted by molar-refractivity contribution is 7.98. The number of aromatic nitrogens is 2. The molecule has 2 heterocycles. The molecule has 0 bridgehead atoms. The highest BCUT2D eigenvalue weighted by Gasteiger charge is 2.24. The number of nitrogens with one attached hydrogen (secondary N) is 1. The number of thioether (sulfide) groups is 1. The molecule has 140 valence electrons. The first-order valence-corrected chi connectivity index (χ1v) is 10.8. The number of benzene rings is 2. The molecule has 5 heteroatoms. The third kappa shape index (κ3) is 3.44. The second kappa shape index (κ2) is 8.09. The van der Waals surface area contributed by atoms with Crippen molar-refractivity contribution in [3.05, 3.63) is 54.1 Å². The van der Waals surface area contributed by atoms with Gasteiger partial charge in [0.1, 0.15) is 17.3 Å². The van der Waals surface area contributed by atoms with Gasteiger partial charge >= 0.3 is 0 Å². The molecule has 0 saturated carbocycles. The van der Waals surface area contributed by atoms with Crippen LogP contribution in [0.3, 0.4) is 0 Å². The van der Waals surface area contributed by atoms with Gasteiger partial charge in [-0.1, -0.05) is 30.3 Å². The van der Waals surface area contributed by atoms with Crippen molar-refractivity contribution in [3.8, 4) is 22.7 Å². The Morgan fingerprint density at radius 3 is 2.78 bits per heavy atom. The van der Waals surface area contributed by atoms with Gasteiger partial charge < -0.3 is 10.1 Å². The van der Waals surface area contributed by atoms with Crippen LogP contribution < -0.4 is 10.1 Å². The summed E-state index contributed by atoms with van der Waals surface area (Å²) < 4.78 is 7.92. The minimum Gasteiger partial charge on any atom is -0.492 e. The lowest BCUT2D eigenvalue weighted by Gasteiger charge is -2.13. The summed E-state index contributed by atoms with van der Waals surface area (Å²) >= 11 is 1.77. The fourth-order valence-corrected chi connectivity index (χ4v) is 4.24. The lowest BCUT2D eigenvalue weighted by molar-refractivity contribution is 0.338. The van der Waals surface area contributed by atoms with Gasteiger partial charge in [0.05, 0.1) is 12.3 Å². The lowest BCUT2D eigenvalue weighted by atomic mass is 10.0. The van der Waals surface area contributed by atoms with Crippen molar-refractivity contribution in [3.63, 3.8) is 0 Å². The Morgan fingerprint density at radius 1 is 1.11 bits per heavy atom. The quantitative estimate of drug-likeness (QED) is 0.602. The number of ether oxygens (including phenoxy) is 1. The maximum absolute atomic E-state index is 5.88. The molecule has 4 rings (SSSR count). The Bertz CT molecular complexity index is 935. The second-order valence-electron chi connectivity index (χ2n) is 6.57. The Kier molecular flexibility index (Phi) is 5.39. The minimum atomic E-state index is 0.635. The van der Waals surface area contributed by atoms with E-state index in [0.717, 1.165) is 35.9 Å². The normalized spacial score (nSPS) is 13.6. The van der Waals surface area contributed by atoms with Gasteiger partial charge in [-0.2, -0.15) is 5.10 Å². The molecule has 0 saturated heterocycles. The van der Waals surface area contributed by atoms with E-state index < -0.39 is 0 Å². The van der Waals surface area contributed by atoms with Crippen molar-refractivity contribution in [2.75, 3.05) is 24.7 Å². The van der Waals surface area contributed by atoms with Crippen molar-refractivity contribution in [1.82, 2.24) is 9.78 Å². The van der Waals surface area contributed by atoms with Gasteiger partial charge in [-0.05, 0) is 50.6 Å². The van der Waals surface area contributed by atoms with E-state index in [9.17, 15) is 0 Å². The van der Waals surface area contributed by atoms with E-state index in [4.69, 9.17) is 9.84 Å². The topological polar surface area (TPSA) is 39.1 Å². The number of hydrogen-bond donors (Lipinski definition) is 1. The Balaban J connectivity index is 1.93. The first-order valence-electron chi connectivity index (χ1n) is 9.54. The highest BCUT2D eigenvalue weighted by atomic mass is 32.2. The molecule has 1 aliphatic rings. The van der Waals surface area contributed by atoms with Crippen LogP contribution in [0, 0.1) is 0 Å². The summed E-state index contributed by atoms with van der Waals surface area (Å²) in [6, 6.07) is 16.7. The molecule has 27 heavy (non-hydrogen) atoms. The van der Waals surface area contributed by atoms with Crippen LogP contribution in [0.4, 0.5) is 5.82 Å².